The molecule has 5 nitrogen and oxygen atoms in total. The highest BCUT2D eigenvalue weighted by molar-refractivity contribution is 7.98. The second-order valence-corrected chi connectivity index (χ2v) is 5.66. The monoisotopic (exact) mass is 330 g/mol. The van der Waals surface area contributed by atoms with Crippen LogP contribution in [0.4, 0.5) is 11.4 Å². The smallest absolute Gasteiger partial charge is 0.262 e. The van der Waals surface area contributed by atoms with Gasteiger partial charge in [0.1, 0.15) is 5.75 Å². The molecule has 0 heterocycles. The Labute approximate surface area is 139 Å². The van der Waals surface area contributed by atoms with Crippen LogP contribution in [0.2, 0.25) is 0 Å². The van der Waals surface area contributed by atoms with Crippen LogP contribution >= 0.6 is 11.8 Å². The fourth-order valence-electron chi connectivity index (χ4n) is 1.91. The average Bonchev–Trinajstić information content (AvgIpc) is 2.53. The van der Waals surface area contributed by atoms with Crippen LogP contribution < -0.4 is 15.4 Å². The van der Waals surface area contributed by atoms with Gasteiger partial charge in [-0.25, -0.2) is 0 Å². The molecule has 0 fully saturated rings. The van der Waals surface area contributed by atoms with E-state index in [-0.39, 0.29) is 18.4 Å². The molecule has 0 spiro atoms. The number of nitrogens with one attached hydrogen (secondary N) is 2. The highest BCUT2D eigenvalue weighted by Crippen LogP contribution is 2.19. The SMILES string of the molecule is CSc1cccc(NC(=O)COc2cccc(NC(C)=O)c2)c1. The Balaban J connectivity index is 1.90. The first-order valence-corrected chi connectivity index (χ1v) is 8.23. The number of ether oxygens (including phenoxy) is 1. The molecule has 6 heteroatoms. The van der Waals surface area contributed by atoms with E-state index in [9.17, 15) is 9.59 Å². The number of carbonyl (C=O) groups is 2. The van der Waals surface area contributed by atoms with Crippen LogP contribution in [-0.4, -0.2) is 24.7 Å². The zero-order valence-electron chi connectivity index (χ0n) is 13.0. The summed E-state index contributed by atoms with van der Waals surface area (Å²) in [5.41, 5.74) is 1.36. The lowest BCUT2D eigenvalue weighted by Gasteiger charge is -2.09. The van der Waals surface area contributed by atoms with Crippen LogP contribution in [0.25, 0.3) is 0 Å². The quantitative estimate of drug-likeness (QED) is 0.797. The summed E-state index contributed by atoms with van der Waals surface area (Å²) in [4.78, 5) is 24.0. The molecular weight excluding hydrogens is 312 g/mol. The van der Waals surface area contributed by atoms with E-state index < -0.39 is 0 Å². The van der Waals surface area contributed by atoms with Gasteiger partial charge in [0.05, 0.1) is 0 Å². The second kappa shape index (κ2) is 8.24. The summed E-state index contributed by atoms with van der Waals surface area (Å²) in [7, 11) is 0. The molecule has 2 aromatic rings. The molecule has 0 bridgehead atoms. The van der Waals surface area contributed by atoms with Gasteiger partial charge in [-0.05, 0) is 36.6 Å². The average molecular weight is 330 g/mol. The van der Waals surface area contributed by atoms with Crippen LogP contribution in [0.3, 0.4) is 0 Å². The van der Waals surface area contributed by atoms with Gasteiger partial charge in [0.2, 0.25) is 5.91 Å². The van der Waals surface area contributed by atoms with Crippen molar-refractivity contribution in [2.75, 3.05) is 23.5 Å². The maximum Gasteiger partial charge on any atom is 0.262 e. The minimum absolute atomic E-state index is 0.104. The van der Waals surface area contributed by atoms with Crippen molar-refractivity contribution in [1.82, 2.24) is 0 Å². The lowest BCUT2D eigenvalue weighted by molar-refractivity contribution is -0.118. The fourth-order valence-corrected chi connectivity index (χ4v) is 2.37. The van der Waals surface area contributed by atoms with Gasteiger partial charge in [-0.15, -0.1) is 11.8 Å². The molecule has 0 atom stereocenters. The van der Waals surface area contributed by atoms with Gasteiger partial charge in [-0.3, -0.25) is 9.59 Å². The van der Waals surface area contributed by atoms with Gasteiger partial charge < -0.3 is 15.4 Å². The Morgan fingerprint density at radius 1 is 1.04 bits per heavy atom. The predicted molar refractivity (Wildman–Crippen MR) is 93.1 cm³/mol. The molecule has 0 saturated heterocycles. The van der Waals surface area contributed by atoms with Crippen LogP contribution in [0.5, 0.6) is 5.75 Å². The molecule has 120 valence electrons. The van der Waals surface area contributed by atoms with Gasteiger partial charge >= 0.3 is 0 Å². The molecule has 0 aliphatic rings. The van der Waals surface area contributed by atoms with E-state index in [1.165, 1.54) is 6.92 Å². The van der Waals surface area contributed by atoms with Gasteiger partial charge in [-0.2, -0.15) is 0 Å². The normalized spacial score (nSPS) is 10.0. The number of anilines is 2. The van der Waals surface area contributed by atoms with Crippen molar-refractivity contribution < 1.29 is 14.3 Å². The molecule has 0 aromatic heterocycles. The zero-order chi connectivity index (χ0) is 16.7. The zero-order valence-corrected chi connectivity index (χ0v) is 13.8. The van der Waals surface area contributed by atoms with Crippen molar-refractivity contribution in [3.05, 3.63) is 48.5 Å². The summed E-state index contributed by atoms with van der Waals surface area (Å²) in [5.74, 6) is 0.117. The lowest BCUT2D eigenvalue weighted by Crippen LogP contribution is -2.20. The Hall–Kier alpha value is -2.47. The number of thioether (sulfide) groups is 1. The summed E-state index contributed by atoms with van der Waals surface area (Å²) < 4.78 is 5.45. The molecular formula is C17H18N2O3S. The van der Waals surface area contributed by atoms with E-state index in [4.69, 9.17) is 4.74 Å². The minimum atomic E-state index is -0.242. The summed E-state index contributed by atoms with van der Waals surface area (Å²) >= 11 is 1.61. The highest BCUT2D eigenvalue weighted by atomic mass is 32.2. The number of hydrogen-bond donors (Lipinski definition) is 2. The largest absolute Gasteiger partial charge is 0.484 e. The van der Waals surface area contributed by atoms with Crippen LogP contribution in [0, 0.1) is 0 Å². The fraction of sp³-hybridized carbons (Fsp3) is 0.176. The molecule has 2 rings (SSSR count). The predicted octanol–water partition coefficient (Wildman–Crippen LogP) is 3.38. The molecule has 2 aromatic carbocycles. The third kappa shape index (κ3) is 5.67. The Bertz CT molecular complexity index is 704. The van der Waals surface area contributed by atoms with Crippen LogP contribution in [0.15, 0.2) is 53.4 Å². The first-order chi connectivity index (χ1) is 11.1. The van der Waals surface area contributed by atoms with Gasteiger partial charge in [0.25, 0.3) is 5.91 Å². The molecule has 0 aliphatic heterocycles. The van der Waals surface area contributed by atoms with Gasteiger partial charge in [0, 0.05) is 29.3 Å². The Morgan fingerprint density at radius 3 is 2.43 bits per heavy atom. The highest BCUT2D eigenvalue weighted by Gasteiger charge is 2.05. The lowest BCUT2D eigenvalue weighted by atomic mass is 10.3. The van der Waals surface area contributed by atoms with Crippen molar-refractivity contribution in [1.29, 1.82) is 0 Å². The maximum absolute atomic E-state index is 11.9. The van der Waals surface area contributed by atoms with Gasteiger partial charge in [0.15, 0.2) is 6.61 Å². The van der Waals surface area contributed by atoms with Crippen molar-refractivity contribution >= 4 is 35.0 Å². The standard InChI is InChI=1S/C17H18N2O3S/c1-12(20)18-13-5-3-7-15(9-13)22-11-17(21)19-14-6-4-8-16(10-14)23-2/h3-10H,11H2,1-2H3,(H,18,20)(H,19,21). The Kier molecular flexibility index (Phi) is 6.05. The third-order valence-electron chi connectivity index (χ3n) is 2.88. The molecule has 0 unspecified atom stereocenters. The molecule has 2 amide bonds. The maximum atomic E-state index is 11.9. The van der Waals surface area contributed by atoms with Crippen molar-refractivity contribution in [3.8, 4) is 5.75 Å². The molecule has 0 aliphatic carbocycles. The summed E-state index contributed by atoms with van der Waals surface area (Å²) in [6, 6.07) is 14.5. The third-order valence-corrected chi connectivity index (χ3v) is 3.60. The minimum Gasteiger partial charge on any atom is -0.484 e. The van der Waals surface area contributed by atoms with Gasteiger partial charge in [-0.1, -0.05) is 12.1 Å². The number of amides is 2. The van der Waals surface area contributed by atoms with Crippen molar-refractivity contribution in [2.45, 2.75) is 11.8 Å². The Morgan fingerprint density at radius 2 is 1.74 bits per heavy atom. The first-order valence-electron chi connectivity index (χ1n) is 7.01. The van der Waals surface area contributed by atoms with Crippen molar-refractivity contribution in [2.24, 2.45) is 0 Å². The number of benzene rings is 2. The van der Waals surface area contributed by atoms with E-state index in [0.717, 1.165) is 10.6 Å². The van der Waals surface area contributed by atoms with Crippen LogP contribution in [0.1, 0.15) is 6.92 Å². The van der Waals surface area contributed by atoms with E-state index >= 15 is 0 Å². The van der Waals surface area contributed by atoms with E-state index in [1.807, 2.05) is 30.5 Å². The number of carbonyl (C=O) groups excluding carboxylic acids is 2. The molecule has 23 heavy (non-hydrogen) atoms. The second-order valence-electron chi connectivity index (χ2n) is 4.78. The molecule has 0 radical (unpaired) electrons. The van der Waals surface area contributed by atoms with Crippen molar-refractivity contribution in [3.63, 3.8) is 0 Å². The molecule has 0 saturated carbocycles. The van der Waals surface area contributed by atoms with E-state index in [0.29, 0.717) is 11.4 Å². The number of hydrogen-bond acceptors (Lipinski definition) is 4. The summed E-state index contributed by atoms with van der Waals surface area (Å²) in [6.07, 6.45) is 1.98. The van der Waals surface area contributed by atoms with Crippen LogP contribution in [-0.2, 0) is 9.59 Å². The summed E-state index contributed by atoms with van der Waals surface area (Å²) in [5, 5.41) is 5.45. The van der Waals surface area contributed by atoms with E-state index in [1.54, 1.807) is 36.0 Å². The molecule has 2 N–H and O–H groups in total. The summed E-state index contributed by atoms with van der Waals surface area (Å²) in [6.45, 7) is 1.33. The first kappa shape index (κ1) is 16.9. The number of rotatable bonds is 6. The topological polar surface area (TPSA) is 67.4 Å². The van der Waals surface area contributed by atoms with E-state index in [2.05, 4.69) is 10.6 Å².